The molecule has 0 spiro atoms. The maximum atomic E-state index is 13.5. The molecule has 1 amide bonds. The van der Waals surface area contributed by atoms with Crippen LogP contribution in [0.25, 0.3) is 0 Å². The Morgan fingerprint density at radius 3 is 1.97 bits per heavy atom. The number of sulfonamides is 2. The number of amides is 1. The molecule has 196 valence electrons. The molecule has 9 nitrogen and oxygen atoms in total. The van der Waals surface area contributed by atoms with Crippen LogP contribution < -0.4 is 10.1 Å². The second-order valence-electron chi connectivity index (χ2n) is 8.51. The zero-order valence-electron chi connectivity index (χ0n) is 20.4. The fraction of sp³-hybridized carbons (Fsp3) is 0.269. The quantitative estimate of drug-likeness (QED) is 0.442. The SMILES string of the molecule is COc1ccc(CCNC(=O)[C@@H]2CN(S(=O)(=O)c3ccccc3)CCN2S(=O)(=O)c2ccccc2)cc1. The van der Waals surface area contributed by atoms with E-state index < -0.39 is 32.0 Å². The zero-order chi connectivity index (χ0) is 26.5. The van der Waals surface area contributed by atoms with Crippen molar-refractivity contribution in [3.63, 3.8) is 0 Å². The van der Waals surface area contributed by atoms with Gasteiger partial charge in [-0.15, -0.1) is 0 Å². The van der Waals surface area contributed by atoms with Crippen molar-refractivity contribution in [2.75, 3.05) is 33.3 Å². The van der Waals surface area contributed by atoms with E-state index in [0.29, 0.717) is 6.42 Å². The van der Waals surface area contributed by atoms with Crippen LogP contribution in [0.15, 0.2) is 94.7 Å². The highest BCUT2D eigenvalue weighted by Gasteiger charge is 2.43. The maximum Gasteiger partial charge on any atom is 0.243 e. The molecule has 0 saturated carbocycles. The van der Waals surface area contributed by atoms with Crippen LogP contribution in [0.4, 0.5) is 0 Å². The van der Waals surface area contributed by atoms with E-state index in [0.717, 1.165) is 15.6 Å². The van der Waals surface area contributed by atoms with Crippen LogP contribution >= 0.6 is 0 Å². The van der Waals surface area contributed by atoms with Crippen molar-refractivity contribution < 1.29 is 26.4 Å². The van der Waals surface area contributed by atoms with Gasteiger partial charge in [0.25, 0.3) is 0 Å². The van der Waals surface area contributed by atoms with Gasteiger partial charge >= 0.3 is 0 Å². The first-order valence-electron chi connectivity index (χ1n) is 11.8. The van der Waals surface area contributed by atoms with Crippen LogP contribution in [0.5, 0.6) is 5.75 Å². The summed E-state index contributed by atoms with van der Waals surface area (Å²) in [5, 5.41) is 2.80. The minimum Gasteiger partial charge on any atom is -0.497 e. The molecule has 11 heteroatoms. The van der Waals surface area contributed by atoms with E-state index in [-0.39, 0.29) is 36.0 Å². The van der Waals surface area contributed by atoms with E-state index in [9.17, 15) is 21.6 Å². The van der Waals surface area contributed by atoms with Gasteiger partial charge in [-0.2, -0.15) is 8.61 Å². The van der Waals surface area contributed by atoms with Crippen LogP contribution in [0, 0.1) is 0 Å². The number of nitrogens with one attached hydrogen (secondary N) is 1. The number of benzene rings is 3. The van der Waals surface area contributed by atoms with Gasteiger partial charge in [0.15, 0.2) is 0 Å². The van der Waals surface area contributed by atoms with Crippen molar-refractivity contribution in [2.24, 2.45) is 0 Å². The summed E-state index contributed by atoms with van der Waals surface area (Å²) in [6, 6.07) is 21.9. The van der Waals surface area contributed by atoms with Crippen molar-refractivity contribution in [2.45, 2.75) is 22.3 Å². The van der Waals surface area contributed by atoms with Gasteiger partial charge in [-0.1, -0.05) is 48.5 Å². The molecule has 1 saturated heterocycles. The lowest BCUT2D eigenvalue weighted by Crippen LogP contribution is -2.61. The van der Waals surface area contributed by atoms with Crippen LogP contribution in [0.1, 0.15) is 5.56 Å². The molecule has 0 bridgehead atoms. The molecule has 0 unspecified atom stereocenters. The fourth-order valence-electron chi connectivity index (χ4n) is 4.17. The summed E-state index contributed by atoms with van der Waals surface area (Å²) >= 11 is 0. The summed E-state index contributed by atoms with van der Waals surface area (Å²) in [5.74, 6) is 0.164. The van der Waals surface area contributed by atoms with E-state index in [1.807, 2.05) is 24.3 Å². The highest BCUT2D eigenvalue weighted by Crippen LogP contribution is 2.25. The third kappa shape index (κ3) is 6.02. The van der Waals surface area contributed by atoms with Crippen LogP contribution in [-0.2, 0) is 31.3 Å². The number of piperazine rings is 1. The van der Waals surface area contributed by atoms with E-state index in [1.165, 1.54) is 28.6 Å². The molecule has 1 N–H and O–H groups in total. The summed E-state index contributed by atoms with van der Waals surface area (Å²) in [7, 11) is -6.37. The molecule has 1 heterocycles. The van der Waals surface area contributed by atoms with Gasteiger partial charge in [-0.25, -0.2) is 16.8 Å². The minimum atomic E-state index is -4.04. The van der Waals surface area contributed by atoms with Crippen LogP contribution in [0.3, 0.4) is 0 Å². The molecular formula is C26H29N3O6S2. The Hall–Kier alpha value is -3.25. The zero-order valence-corrected chi connectivity index (χ0v) is 22.0. The number of rotatable bonds is 9. The first kappa shape index (κ1) is 26.8. The summed E-state index contributed by atoms with van der Waals surface area (Å²) in [6.45, 7) is -0.261. The molecule has 1 atom stereocenters. The number of methoxy groups -OCH3 is 1. The van der Waals surface area contributed by atoms with E-state index in [1.54, 1.807) is 43.5 Å². The summed E-state index contributed by atoms with van der Waals surface area (Å²) in [6.07, 6.45) is 0.514. The van der Waals surface area contributed by atoms with E-state index >= 15 is 0 Å². The molecule has 3 aromatic carbocycles. The molecule has 4 rings (SSSR count). The number of ether oxygens (including phenoxy) is 1. The lowest BCUT2D eigenvalue weighted by molar-refractivity contribution is -0.125. The molecule has 1 aliphatic rings. The third-order valence-corrected chi connectivity index (χ3v) is 10.0. The standard InChI is InChI=1S/C26H29N3O6S2/c1-35-22-14-12-21(13-15-22)16-17-27-26(30)25-20-28(36(31,32)23-8-4-2-5-9-23)18-19-29(25)37(33,34)24-10-6-3-7-11-24/h2-15,25H,16-20H2,1H3,(H,27,30)/t25-/m0/s1. The third-order valence-electron chi connectivity index (χ3n) is 6.20. The molecule has 37 heavy (non-hydrogen) atoms. The Bertz CT molecular complexity index is 1410. The normalized spacial score (nSPS) is 17.3. The Balaban J connectivity index is 1.55. The fourth-order valence-corrected chi connectivity index (χ4v) is 7.22. The van der Waals surface area contributed by atoms with Crippen molar-refractivity contribution in [3.8, 4) is 5.75 Å². The van der Waals surface area contributed by atoms with Gasteiger partial charge in [0, 0.05) is 26.2 Å². The van der Waals surface area contributed by atoms with Crippen LogP contribution in [0.2, 0.25) is 0 Å². The molecule has 0 aliphatic carbocycles. The van der Waals surface area contributed by atoms with Crippen molar-refractivity contribution >= 4 is 26.0 Å². The monoisotopic (exact) mass is 543 g/mol. The minimum absolute atomic E-state index is 0.0467. The lowest BCUT2D eigenvalue weighted by atomic mass is 10.1. The predicted molar refractivity (Wildman–Crippen MR) is 139 cm³/mol. The largest absolute Gasteiger partial charge is 0.497 e. The van der Waals surface area contributed by atoms with Gasteiger partial charge in [0.2, 0.25) is 26.0 Å². The lowest BCUT2D eigenvalue weighted by Gasteiger charge is -2.39. The highest BCUT2D eigenvalue weighted by atomic mass is 32.2. The second-order valence-corrected chi connectivity index (χ2v) is 12.3. The average Bonchev–Trinajstić information content (AvgIpc) is 2.94. The first-order valence-corrected chi connectivity index (χ1v) is 14.6. The van der Waals surface area contributed by atoms with Gasteiger partial charge in [-0.3, -0.25) is 4.79 Å². The molecule has 0 radical (unpaired) electrons. The number of hydrogen-bond donors (Lipinski definition) is 1. The average molecular weight is 544 g/mol. The summed E-state index contributed by atoms with van der Waals surface area (Å²) in [4.78, 5) is 13.5. The molecule has 0 aromatic heterocycles. The van der Waals surface area contributed by atoms with Gasteiger partial charge in [0.1, 0.15) is 11.8 Å². The second kappa shape index (κ2) is 11.4. The Labute approximate surface area is 217 Å². The number of hydrogen-bond acceptors (Lipinski definition) is 6. The Morgan fingerprint density at radius 2 is 1.41 bits per heavy atom. The van der Waals surface area contributed by atoms with Gasteiger partial charge < -0.3 is 10.1 Å². The first-order chi connectivity index (χ1) is 17.7. The van der Waals surface area contributed by atoms with Crippen molar-refractivity contribution in [3.05, 3.63) is 90.5 Å². The van der Waals surface area contributed by atoms with Gasteiger partial charge in [0.05, 0.1) is 16.9 Å². The van der Waals surface area contributed by atoms with E-state index in [2.05, 4.69) is 5.32 Å². The molecule has 1 aliphatic heterocycles. The van der Waals surface area contributed by atoms with Crippen molar-refractivity contribution in [1.29, 1.82) is 0 Å². The van der Waals surface area contributed by atoms with Crippen molar-refractivity contribution in [1.82, 2.24) is 13.9 Å². The van der Waals surface area contributed by atoms with Gasteiger partial charge in [-0.05, 0) is 48.4 Å². The van der Waals surface area contributed by atoms with E-state index in [4.69, 9.17) is 4.74 Å². The summed E-state index contributed by atoms with van der Waals surface area (Å²) < 4.78 is 60.8. The maximum absolute atomic E-state index is 13.5. The Kier molecular flexibility index (Phi) is 8.28. The molecule has 1 fully saturated rings. The number of carbonyl (C=O) groups excluding carboxylic acids is 1. The molecular weight excluding hydrogens is 514 g/mol. The molecule has 3 aromatic rings. The predicted octanol–water partition coefficient (Wildman–Crippen LogP) is 2.12. The smallest absolute Gasteiger partial charge is 0.243 e. The summed E-state index contributed by atoms with van der Waals surface area (Å²) in [5.41, 5.74) is 0.965. The highest BCUT2D eigenvalue weighted by molar-refractivity contribution is 7.89. The topological polar surface area (TPSA) is 113 Å². The number of carbonyl (C=O) groups is 1. The Morgan fingerprint density at radius 1 is 0.838 bits per heavy atom. The van der Waals surface area contributed by atoms with Crippen LogP contribution in [-0.4, -0.2) is 70.7 Å². The number of nitrogens with zero attached hydrogens (tertiary/aromatic N) is 2.